The van der Waals surface area contributed by atoms with Crippen molar-refractivity contribution in [3.8, 4) is 0 Å². The van der Waals surface area contributed by atoms with E-state index in [4.69, 9.17) is 10.2 Å². The highest BCUT2D eigenvalue weighted by molar-refractivity contribution is 5.78. The molecule has 0 saturated heterocycles. The summed E-state index contributed by atoms with van der Waals surface area (Å²) in [6.07, 6.45) is 1.30. The molecule has 0 aromatic carbocycles. The van der Waals surface area contributed by atoms with Gasteiger partial charge in [-0.1, -0.05) is 0 Å². The summed E-state index contributed by atoms with van der Waals surface area (Å²) < 4.78 is 0. The molecule has 0 aliphatic rings. The van der Waals surface area contributed by atoms with Crippen LogP contribution in [-0.2, 0) is 9.59 Å². The van der Waals surface area contributed by atoms with Crippen LogP contribution in [0.5, 0.6) is 0 Å². The number of hydrogen-bond donors (Lipinski definition) is 4. The predicted octanol–water partition coefficient (Wildman–Crippen LogP) is 0.602. The number of nitrogens with one attached hydrogen (secondary N) is 2. The van der Waals surface area contributed by atoms with Gasteiger partial charge in [-0.3, -0.25) is 9.59 Å². The van der Waals surface area contributed by atoms with Crippen LogP contribution in [0.4, 0.5) is 5.82 Å². The smallest absolute Gasteiger partial charge is 0.308 e. The zero-order valence-electron chi connectivity index (χ0n) is 7.93. The van der Waals surface area contributed by atoms with Gasteiger partial charge in [-0.05, 0) is 12.1 Å². The lowest BCUT2D eigenvalue weighted by Crippen LogP contribution is -2.25. The number of aromatic nitrogens is 1. The van der Waals surface area contributed by atoms with Gasteiger partial charge in [0.15, 0.2) is 0 Å². The van der Waals surface area contributed by atoms with E-state index in [0.29, 0.717) is 5.82 Å². The second-order valence-corrected chi connectivity index (χ2v) is 3.10. The Morgan fingerprint density at radius 2 is 2.20 bits per heavy atom. The molecule has 15 heavy (non-hydrogen) atoms. The first-order valence-electron chi connectivity index (χ1n) is 4.41. The van der Waals surface area contributed by atoms with Gasteiger partial charge in [0.05, 0.1) is 12.3 Å². The minimum Gasteiger partial charge on any atom is -0.481 e. The van der Waals surface area contributed by atoms with Gasteiger partial charge in [-0.15, -0.1) is 0 Å². The van der Waals surface area contributed by atoms with Gasteiger partial charge < -0.3 is 20.5 Å². The molecular weight excluding hydrogens is 200 g/mol. The molecular formula is C9H12N2O4. The molecule has 0 spiro atoms. The Morgan fingerprint density at radius 3 is 2.67 bits per heavy atom. The van der Waals surface area contributed by atoms with Crippen molar-refractivity contribution < 1.29 is 19.8 Å². The fourth-order valence-corrected chi connectivity index (χ4v) is 1.13. The van der Waals surface area contributed by atoms with Crippen LogP contribution in [0, 0.1) is 5.92 Å². The Bertz CT molecular complexity index is 334. The number of H-pyrrole nitrogens is 1. The fraction of sp³-hybridized carbons (Fsp3) is 0.333. The van der Waals surface area contributed by atoms with E-state index in [9.17, 15) is 9.59 Å². The Hall–Kier alpha value is -1.98. The minimum absolute atomic E-state index is 0.0855. The van der Waals surface area contributed by atoms with Crippen molar-refractivity contribution in [1.82, 2.24) is 4.98 Å². The monoisotopic (exact) mass is 212 g/mol. The largest absolute Gasteiger partial charge is 0.481 e. The second-order valence-electron chi connectivity index (χ2n) is 3.10. The summed E-state index contributed by atoms with van der Waals surface area (Å²) in [5, 5.41) is 20.0. The van der Waals surface area contributed by atoms with Crippen molar-refractivity contribution >= 4 is 17.8 Å². The van der Waals surface area contributed by atoms with Crippen LogP contribution < -0.4 is 5.32 Å². The minimum atomic E-state index is -1.12. The molecule has 0 saturated carbocycles. The van der Waals surface area contributed by atoms with Crippen LogP contribution in [-0.4, -0.2) is 33.7 Å². The summed E-state index contributed by atoms with van der Waals surface area (Å²) >= 11 is 0. The van der Waals surface area contributed by atoms with Gasteiger partial charge in [0, 0.05) is 12.7 Å². The van der Waals surface area contributed by atoms with E-state index in [2.05, 4.69) is 10.3 Å². The van der Waals surface area contributed by atoms with Gasteiger partial charge in [0.25, 0.3) is 0 Å². The zero-order valence-corrected chi connectivity index (χ0v) is 7.93. The van der Waals surface area contributed by atoms with E-state index in [-0.39, 0.29) is 13.0 Å². The molecule has 6 nitrogen and oxygen atoms in total. The van der Waals surface area contributed by atoms with Crippen LogP contribution in [0.2, 0.25) is 0 Å². The van der Waals surface area contributed by atoms with Gasteiger partial charge in [-0.25, -0.2) is 0 Å². The van der Waals surface area contributed by atoms with Crippen molar-refractivity contribution in [1.29, 1.82) is 0 Å². The maximum absolute atomic E-state index is 10.7. The first kappa shape index (κ1) is 11.1. The van der Waals surface area contributed by atoms with Crippen LogP contribution >= 0.6 is 0 Å². The van der Waals surface area contributed by atoms with E-state index in [0.717, 1.165) is 0 Å². The molecule has 1 atom stereocenters. The van der Waals surface area contributed by atoms with Gasteiger partial charge in [-0.2, -0.15) is 0 Å². The normalized spacial score (nSPS) is 12.0. The Labute approximate surface area is 85.9 Å². The first-order chi connectivity index (χ1) is 7.09. The summed E-state index contributed by atoms with van der Waals surface area (Å²) in [5.74, 6) is -2.48. The lowest BCUT2D eigenvalue weighted by atomic mass is 10.1. The highest BCUT2D eigenvalue weighted by atomic mass is 16.4. The second kappa shape index (κ2) is 5.04. The molecule has 0 amide bonds. The standard InChI is InChI=1S/C9H12N2O4/c12-8(13)4-6(9(14)15)5-11-7-2-1-3-10-7/h1-3,6,10-11H,4-5H2,(H,12,13)(H,14,15). The number of aromatic amines is 1. The topological polar surface area (TPSA) is 102 Å². The summed E-state index contributed by atoms with van der Waals surface area (Å²) in [7, 11) is 0. The van der Waals surface area contributed by atoms with E-state index in [1.807, 2.05) is 0 Å². The lowest BCUT2D eigenvalue weighted by Gasteiger charge is -2.10. The molecule has 6 heteroatoms. The van der Waals surface area contributed by atoms with Crippen LogP contribution in [0.1, 0.15) is 6.42 Å². The molecule has 0 fully saturated rings. The number of aliphatic carboxylic acids is 2. The molecule has 1 unspecified atom stereocenters. The highest BCUT2D eigenvalue weighted by Crippen LogP contribution is 2.07. The third-order valence-electron chi connectivity index (χ3n) is 1.91. The van der Waals surface area contributed by atoms with Gasteiger partial charge in [0.2, 0.25) is 0 Å². The fourth-order valence-electron chi connectivity index (χ4n) is 1.13. The number of carbonyl (C=O) groups is 2. The van der Waals surface area contributed by atoms with Gasteiger partial charge >= 0.3 is 11.9 Å². The van der Waals surface area contributed by atoms with Gasteiger partial charge in [0.1, 0.15) is 5.82 Å². The maximum atomic E-state index is 10.7. The highest BCUT2D eigenvalue weighted by Gasteiger charge is 2.20. The van der Waals surface area contributed by atoms with Crippen molar-refractivity contribution in [2.45, 2.75) is 6.42 Å². The molecule has 0 radical (unpaired) electrons. The predicted molar refractivity (Wildman–Crippen MR) is 52.7 cm³/mol. The molecule has 1 aromatic heterocycles. The molecule has 1 rings (SSSR count). The SMILES string of the molecule is O=C(O)CC(CNc1ccc[nH]1)C(=O)O. The quantitative estimate of drug-likeness (QED) is 0.553. The Balaban J connectivity index is 2.45. The van der Waals surface area contributed by atoms with E-state index in [1.165, 1.54) is 0 Å². The van der Waals surface area contributed by atoms with Crippen molar-refractivity contribution in [3.63, 3.8) is 0 Å². The van der Waals surface area contributed by atoms with Crippen LogP contribution in [0.3, 0.4) is 0 Å². The van der Waals surface area contributed by atoms with E-state index < -0.39 is 17.9 Å². The average Bonchev–Trinajstić information content (AvgIpc) is 2.63. The van der Waals surface area contributed by atoms with Crippen molar-refractivity contribution in [2.24, 2.45) is 5.92 Å². The maximum Gasteiger partial charge on any atom is 0.308 e. The third-order valence-corrected chi connectivity index (χ3v) is 1.91. The van der Waals surface area contributed by atoms with Crippen molar-refractivity contribution in [3.05, 3.63) is 18.3 Å². The number of anilines is 1. The summed E-state index contributed by atoms with van der Waals surface area (Å²) in [5.41, 5.74) is 0. The van der Waals surface area contributed by atoms with E-state index >= 15 is 0 Å². The van der Waals surface area contributed by atoms with Crippen LogP contribution in [0.15, 0.2) is 18.3 Å². The summed E-state index contributed by atoms with van der Waals surface area (Å²) in [4.78, 5) is 23.9. The molecule has 0 bridgehead atoms. The third kappa shape index (κ3) is 3.72. The van der Waals surface area contributed by atoms with E-state index in [1.54, 1.807) is 18.3 Å². The lowest BCUT2D eigenvalue weighted by molar-refractivity contribution is -0.147. The first-order valence-corrected chi connectivity index (χ1v) is 4.41. The number of hydrogen-bond acceptors (Lipinski definition) is 3. The van der Waals surface area contributed by atoms with Crippen molar-refractivity contribution in [2.75, 3.05) is 11.9 Å². The summed E-state index contributed by atoms with van der Waals surface area (Å²) in [6, 6.07) is 3.50. The molecule has 0 aliphatic heterocycles. The molecule has 82 valence electrons. The average molecular weight is 212 g/mol. The molecule has 4 N–H and O–H groups in total. The Morgan fingerprint density at radius 1 is 1.47 bits per heavy atom. The van der Waals surface area contributed by atoms with Crippen LogP contribution in [0.25, 0.3) is 0 Å². The Kier molecular flexibility index (Phi) is 3.73. The summed E-state index contributed by atoms with van der Waals surface area (Å²) in [6.45, 7) is 0.0855. The zero-order chi connectivity index (χ0) is 11.3. The number of carboxylic acids is 2. The molecule has 1 aromatic rings. The number of rotatable bonds is 6. The number of carboxylic acid groups (broad SMARTS) is 2. The molecule has 1 heterocycles. The molecule has 0 aliphatic carbocycles.